The van der Waals surface area contributed by atoms with E-state index in [0.29, 0.717) is 17.7 Å². The minimum atomic E-state index is -3.46. The average molecular weight is 409 g/mol. The molecule has 5 nitrogen and oxygen atoms in total. The van der Waals surface area contributed by atoms with E-state index in [4.69, 9.17) is 0 Å². The standard InChI is InChI=1S/C23H24N2O3S/c1-25(2)21-11-7-8-18(15-21)16-24-23(26)20-10-6-9-19(14-20)17-29(27,28)22-12-4-3-5-13-22/h3-15H,16-17H2,1-2H3,(H,24,26). The van der Waals surface area contributed by atoms with Gasteiger partial charge in [0.05, 0.1) is 10.6 Å². The maximum absolute atomic E-state index is 12.6. The van der Waals surface area contributed by atoms with Gasteiger partial charge in [-0.2, -0.15) is 0 Å². The lowest BCUT2D eigenvalue weighted by Gasteiger charge is -2.14. The number of carbonyl (C=O) groups excluding carboxylic acids is 1. The summed E-state index contributed by atoms with van der Waals surface area (Å²) in [5.74, 6) is -0.387. The van der Waals surface area contributed by atoms with E-state index in [-0.39, 0.29) is 16.6 Å². The van der Waals surface area contributed by atoms with Crippen LogP contribution >= 0.6 is 0 Å². The molecule has 0 unspecified atom stereocenters. The molecule has 1 amide bonds. The Bertz CT molecular complexity index is 1090. The van der Waals surface area contributed by atoms with Crippen molar-refractivity contribution in [3.05, 3.63) is 95.6 Å². The molecule has 0 aliphatic rings. The first-order valence-electron chi connectivity index (χ1n) is 9.26. The number of benzene rings is 3. The number of amides is 1. The van der Waals surface area contributed by atoms with Gasteiger partial charge in [0, 0.05) is 31.9 Å². The van der Waals surface area contributed by atoms with E-state index in [1.807, 2.05) is 43.3 Å². The molecule has 0 fully saturated rings. The monoisotopic (exact) mass is 408 g/mol. The normalized spacial score (nSPS) is 11.1. The number of rotatable bonds is 7. The van der Waals surface area contributed by atoms with Crippen molar-refractivity contribution in [2.75, 3.05) is 19.0 Å². The number of hydrogen-bond donors (Lipinski definition) is 1. The van der Waals surface area contributed by atoms with E-state index in [1.54, 1.807) is 54.6 Å². The fourth-order valence-electron chi connectivity index (χ4n) is 2.96. The fourth-order valence-corrected chi connectivity index (χ4v) is 4.32. The molecule has 3 rings (SSSR count). The SMILES string of the molecule is CN(C)c1cccc(CNC(=O)c2cccc(CS(=O)(=O)c3ccccc3)c2)c1. The quantitative estimate of drug-likeness (QED) is 0.648. The number of nitrogens with one attached hydrogen (secondary N) is 1. The van der Waals surface area contributed by atoms with Gasteiger partial charge in [0.25, 0.3) is 5.91 Å². The van der Waals surface area contributed by atoms with Gasteiger partial charge in [0.1, 0.15) is 0 Å². The second-order valence-corrected chi connectivity index (χ2v) is 9.01. The Labute approximate surface area is 171 Å². The van der Waals surface area contributed by atoms with Gasteiger partial charge in [-0.15, -0.1) is 0 Å². The molecule has 0 radical (unpaired) electrons. The van der Waals surface area contributed by atoms with Crippen molar-refractivity contribution >= 4 is 21.4 Å². The minimum absolute atomic E-state index is 0.150. The number of carbonyl (C=O) groups is 1. The summed E-state index contributed by atoms with van der Waals surface area (Å²) in [4.78, 5) is 14.8. The van der Waals surface area contributed by atoms with Crippen LogP contribution in [-0.2, 0) is 22.1 Å². The highest BCUT2D eigenvalue weighted by atomic mass is 32.2. The fraction of sp³-hybridized carbons (Fsp3) is 0.174. The Hall–Kier alpha value is -3.12. The molecule has 0 saturated heterocycles. The third kappa shape index (κ3) is 5.45. The lowest BCUT2D eigenvalue weighted by Crippen LogP contribution is -2.23. The second kappa shape index (κ2) is 8.92. The van der Waals surface area contributed by atoms with Crippen molar-refractivity contribution in [2.24, 2.45) is 0 Å². The van der Waals surface area contributed by atoms with E-state index in [1.165, 1.54) is 0 Å². The van der Waals surface area contributed by atoms with Crippen molar-refractivity contribution in [3.63, 3.8) is 0 Å². The topological polar surface area (TPSA) is 66.5 Å². The van der Waals surface area contributed by atoms with Gasteiger partial charge in [-0.25, -0.2) is 8.42 Å². The zero-order chi connectivity index (χ0) is 20.9. The summed E-state index contributed by atoms with van der Waals surface area (Å²) in [5, 5.41) is 2.90. The maximum atomic E-state index is 12.6. The molecule has 0 aliphatic heterocycles. The first-order valence-corrected chi connectivity index (χ1v) is 10.9. The highest BCUT2D eigenvalue weighted by Crippen LogP contribution is 2.17. The number of sulfone groups is 1. The van der Waals surface area contributed by atoms with E-state index in [0.717, 1.165) is 11.3 Å². The van der Waals surface area contributed by atoms with Gasteiger partial charge in [0.15, 0.2) is 9.84 Å². The Morgan fingerprint density at radius 1 is 0.862 bits per heavy atom. The van der Waals surface area contributed by atoms with Gasteiger partial charge in [-0.05, 0) is 47.5 Å². The summed E-state index contributed by atoms with van der Waals surface area (Å²) in [6.45, 7) is 0.396. The lowest BCUT2D eigenvalue weighted by molar-refractivity contribution is 0.0951. The Morgan fingerprint density at radius 3 is 2.28 bits per heavy atom. The highest BCUT2D eigenvalue weighted by molar-refractivity contribution is 7.90. The minimum Gasteiger partial charge on any atom is -0.378 e. The summed E-state index contributed by atoms with van der Waals surface area (Å²) in [5.41, 5.74) is 3.07. The van der Waals surface area contributed by atoms with Gasteiger partial charge in [-0.3, -0.25) is 4.79 Å². The van der Waals surface area contributed by atoms with Crippen molar-refractivity contribution in [1.82, 2.24) is 5.32 Å². The average Bonchev–Trinajstić information content (AvgIpc) is 2.72. The van der Waals surface area contributed by atoms with Crippen LogP contribution in [0.4, 0.5) is 5.69 Å². The highest BCUT2D eigenvalue weighted by Gasteiger charge is 2.16. The van der Waals surface area contributed by atoms with Gasteiger partial charge in [0.2, 0.25) is 0 Å². The van der Waals surface area contributed by atoms with Crippen LogP contribution in [0, 0.1) is 0 Å². The lowest BCUT2D eigenvalue weighted by atomic mass is 10.1. The molecule has 150 valence electrons. The van der Waals surface area contributed by atoms with E-state index in [2.05, 4.69) is 5.32 Å². The number of nitrogens with zero attached hydrogens (tertiary/aromatic N) is 1. The first kappa shape index (κ1) is 20.6. The molecule has 3 aromatic carbocycles. The van der Waals surface area contributed by atoms with Gasteiger partial charge >= 0.3 is 0 Å². The van der Waals surface area contributed by atoms with E-state index in [9.17, 15) is 13.2 Å². The summed E-state index contributed by atoms with van der Waals surface area (Å²) < 4.78 is 25.2. The zero-order valence-electron chi connectivity index (χ0n) is 16.5. The third-order valence-corrected chi connectivity index (χ3v) is 6.23. The summed E-state index contributed by atoms with van der Waals surface area (Å²) >= 11 is 0. The van der Waals surface area contributed by atoms with Crippen molar-refractivity contribution < 1.29 is 13.2 Å². The molecule has 0 atom stereocenters. The number of anilines is 1. The van der Waals surface area contributed by atoms with Crippen LogP contribution in [0.5, 0.6) is 0 Å². The van der Waals surface area contributed by atoms with E-state index >= 15 is 0 Å². The number of hydrogen-bond acceptors (Lipinski definition) is 4. The molecule has 0 spiro atoms. The molecule has 0 saturated carbocycles. The second-order valence-electron chi connectivity index (χ2n) is 7.02. The molecule has 0 bridgehead atoms. The Balaban J connectivity index is 1.69. The molecular weight excluding hydrogens is 384 g/mol. The smallest absolute Gasteiger partial charge is 0.251 e. The Morgan fingerprint density at radius 2 is 1.55 bits per heavy atom. The van der Waals surface area contributed by atoms with Gasteiger partial charge in [-0.1, -0.05) is 42.5 Å². The summed E-state index contributed by atoms with van der Waals surface area (Å²) in [6.07, 6.45) is 0. The van der Waals surface area contributed by atoms with Crippen LogP contribution in [0.15, 0.2) is 83.8 Å². The van der Waals surface area contributed by atoms with Crippen LogP contribution < -0.4 is 10.2 Å². The molecule has 0 heterocycles. The first-order chi connectivity index (χ1) is 13.8. The van der Waals surface area contributed by atoms with Crippen molar-refractivity contribution in [2.45, 2.75) is 17.2 Å². The predicted octanol–water partition coefficient (Wildman–Crippen LogP) is 3.66. The van der Waals surface area contributed by atoms with Crippen molar-refractivity contribution in [3.8, 4) is 0 Å². The molecular formula is C23H24N2O3S. The molecule has 1 N–H and O–H groups in total. The van der Waals surface area contributed by atoms with E-state index < -0.39 is 9.84 Å². The largest absolute Gasteiger partial charge is 0.378 e. The molecule has 29 heavy (non-hydrogen) atoms. The summed E-state index contributed by atoms with van der Waals surface area (Å²) in [7, 11) is 0.470. The summed E-state index contributed by atoms with van der Waals surface area (Å²) in [6, 6.07) is 23.0. The third-order valence-electron chi connectivity index (χ3n) is 4.53. The van der Waals surface area contributed by atoms with Crippen LogP contribution in [0.2, 0.25) is 0 Å². The van der Waals surface area contributed by atoms with Gasteiger partial charge < -0.3 is 10.2 Å². The molecule has 0 aliphatic carbocycles. The Kier molecular flexibility index (Phi) is 6.34. The predicted molar refractivity (Wildman–Crippen MR) is 116 cm³/mol. The van der Waals surface area contributed by atoms with Crippen LogP contribution in [-0.4, -0.2) is 28.4 Å². The van der Waals surface area contributed by atoms with Crippen LogP contribution in [0.1, 0.15) is 21.5 Å². The zero-order valence-corrected chi connectivity index (χ0v) is 17.3. The molecule has 3 aromatic rings. The molecule has 6 heteroatoms. The van der Waals surface area contributed by atoms with Crippen molar-refractivity contribution in [1.29, 1.82) is 0 Å². The molecule has 0 aromatic heterocycles. The van der Waals surface area contributed by atoms with Crippen LogP contribution in [0.3, 0.4) is 0 Å². The van der Waals surface area contributed by atoms with Crippen LogP contribution in [0.25, 0.3) is 0 Å². The maximum Gasteiger partial charge on any atom is 0.251 e.